The Balaban J connectivity index is 1.47. The second kappa shape index (κ2) is 12.6. The fraction of sp³-hybridized carbons (Fsp3) is 0.559. The third kappa shape index (κ3) is 5.44. The molecule has 9 nitrogen and oxygen atoms in total. The van der Waals surface area contributed by atoms with Crippen LogP contribution in [0.5, 0.6) is 5.75 Å². The molecule has 3 saturated heterocycles. The van der Waals surface area contributed by atoms with Crippen LogP contribution in [0.2, 0.25) is 0 Å². The van der Waals surface area contributed by atoms with E-state index in [9.17, 15) is 19.5 Å². The highest BCUT2D eigenvalue weighted by atomic mass is 32.2. The first-order valence-corrected chi connectivity index (χ1v) is 16.7. The number of hydrogen-bond donors (Lipinski definition) is 3. The molecule has 10 heteroatoms. The highest BCUT2D eigenvalue weighted by Crippen LogP contribution is 2.71. The Kier molecular flexibility index (Phi) is 9.23. The molecule has 0 aliphatic carbocycles. The summed E-state index contributed by atoms with van der Waals surface area (Å²) in [6.45, 7) is 14.1. The van der Waals surface area contributed by atoms with Crippen molar-refractivity contribution < 1.29 is 24.2 Å². The Bertz CT molecular complexity index is 1360. The zero-order valence-electron chi connectivity index (χ0n) is 26.6. The number of benzene rings is 2. The molecule has 2 bridgehead atoms. The van der Waals surface area contributed by atoms with Gasteiger partial charge in [-0.25, -0.2) is 0 Å². The molecule has 0 aromatic heterocycles. The van der Waals surface area contributed by atoms with Crippen molar-refractivity contribution in [3.05, 3.63) is 48.5 Å². The van der Waals surface area contributed by atoms with Gasteiger partial charge in [-0.05, 0) is 95.0 Å². The lowest BCUT2D eigenvalue weighted by Gasteiger charge is -2.38. The number of likely N-dealkylation sites (tertiary alicyclic amines) is 1. The molecule has 3 heterocycles. The van der Waals surface area contributed by atoms with Gasteiger partial charge >= 0.3 is 0 Å². The van der Waals surface area contributed by atoms with Crippen molar-refractivity contribution in [1.29, 1.82) is 0 Å². The highest BCUT2D eigenvalue weighted by Gasteiger charge is 2.77. The highest BCUT2D eigenvalue weighted by molar-refractivity contribution is 8.02. The van der Waals surface area contributed by atoms with Crippen molar-refractivity contribution in [2.24, 2.45) is 17.8 Å². The van der Waals surface area contributed by atoms with Gasteiger partial charge in [-0.15, -0.1) is 11.8 Å². The van der Waals surface area contributed by atoms with Crippen LogP contribution in [0.3, 0.4) is 0 Å². The molecule has 2 aromatic rings. The van der Waals surface area contributed by atoms with Gasteiger partial charge in [-0.1, -0.05) is 13.8 Å². The van der Waals surface area contributed by atoms with E-state index in [1.165, 1.54) is 0 Å². The van der Waals surface area contributed by atoms with Gasteiger partial charge in [0.2, 0.25) is 17.7 Å². The zero-order chi connectivity index (χ0) is 31.8. The normalized spacial score (nSPS) is 27.8. The third-order valence-electron chi connectivity index (χ3n) is 9.76. The number of hydrogen-bond acceptors (Lipinski definition) is 7. The average Bonchev–Trinajstić information content (AvgIpc) is 3.56. The lowest BCUT2D eigenvalue weighted by atomic mass is 9.66. The van der Waals surface area contributed by atoms with Crippen LogP contribution in [-0.4, -0.2) is 75.6 Å². The lowest BCUT2D eigenvalue weighted by molar-refractivity contribution is -0.142. The molecule has 3 N–H and O–H groups in total. The molecule has 3 aliphatic rings. The van der Waals surface area contributed by atoms with Crippen molar-refractivity contribution in [2.45, 2.75) is 76.0 Å². The number of anilines is 3. The Morgan fingerprint density at radius 1 is 1.00 bits per heavy atom. The quantitative estimate of drug-likeness (QED) is 0.305. The fourth-order valence-electron chi connectivity index (χ4n) is 7.62. The summed E-state index contributed by atoms with van der Waals surface area (Å²) >= 11 is 1.62. The van der Waals surface area contributed by atoms with E-state index in [-0.39, 0.29) is 30.2 Å². The number of aliphatic hydroxyl groups is 1. The van der Waals surface area contributed by atoms with Crippen LogP contribution in [0.15, 0.2) is 48.5 Å². The van der Waals surface area contributed by atoms with E-state index in [1.807, 2.05) is 57.2 Å². The van der Waals surface area contributed by atoms with E-state index in [0.29, 0.717) is 36.6 Å². The van der Waals surface area contributed by atoms with E-state index in [0.717, 1.165) is 18.8 Å². The van der Waals surface area contributed by atoms with Crippen molar-refractivity contribution >= 4 is 46.5 Å². The Labute approximate surface area is 265 Å². The van der Waals surface area contributed by atoms with Gasteiger partial charge in [0.05, 0.1) is 35.8 Å². The lowest BCUT2D eigenvalue weighted by Crippen LogP contribution is -2.56. The van der Waals surface area contributed by atoms with Crippen molar-refractivity contribution in [3.8, 4) is 5.75 Å². The zero-order valence-corrected chi connectivity index (χ0v) is 27.4. The van der Waals surface area contributed by atoms with Crippen LogP contribution in [-0.2, 0) is 14.4 Å². The van der Waals surface area contributed by atoms with E-state index in [1.54, 1.807) is 28.8 Å². The maximum absolute atomic E-state index is 14.5. The molecule has 2 aromatic carbocycles. The summed E-state index contributed by atoms with van der Waals surface area (Å²) in [4.78, 5) is 46.6. The molecule has 2 unspecified atom stereocenters. The number of nitrogens with zero attached hydrogens (tertiary/aromatic N) is 2. The summed E-state index contributed by atoms with van der Waals surface area (Å²) in [5.41, 5.74) is 2.35. The van der Waals surface area contributed by atoms with Crippen LogP contribution < -0.4 is 20.3 Å². The van der Waals surface area contributed by atoms with Gasteiger partial charge in [-0.2, -0.15) is 0 Å². The summed E-state index contributed by atoms with van der Waals surface area (Å²) in [7, 11) is 0. The predicted molar refractivity (Wildman–Crippen MR) is 176 cm³/mol. The Hall–Kier alpha value is -3.24. The fourth-order valence-corrected chi connectivity index (χ4v) is 9.96. The minimum atomic E-state index is -0.822. The average molecular weight is 623 g/mol. The molecule has 3 fully saturated rings. The van der Waals surface area contributed by atoms with E-state index in [2.05, 4.69) is 36.3 Å². The minimum absolute atomic E-state index is 0.0863. The first-order chi connectivity index (χ1) is 21.0. The van der Waals surface area contributed by atoms with Gasteiger partial charge in [-0.3, -0.25) is 14.4 Å². The van der Waals surface area contributed by atoms with Gasteiger partial charge < -0.3 is 30.3 Å². The van der Waals surface area contributed by atoms with E-state index >= 15 is 0 Å². The maximum atomic E-state index is 14.5. The van der Waals surface area contributed by atoms with Crippen LogP contribution in [0.1, 0.15) is 54.4 Å². The molecule has 3 amide bonds. The smallest absolute Gasteiger partial charge is 0.248 e. The number of carbonyl (C=O) groups excluding carboxylic acids is 3. The Morgan fingerprint density at radius 2 is 1.59 bits per heavy atom. The minimum Gasteiger partial charge on any atom is -0.494 e. The molecule has 44 heavy (non-hydrogen) atoms. The van der Waals surface area contributed by atoms with Crippen molar-refractivity contribution in [1.82, 2.24) is 4.90 Å². The number of aliphatic hydroxyl groups excluding tert-OH is 1. The SMILES string of the molecule is CCOc1ccc(NC(=O)[C@H]2[C@H]3C(=O)N([C@@H](CO)C(C)C)C(C(=O)Nc4ccc(N(CC)CC)cc4)C34CC[C@]2(C)S4)cc1. The number of nitrogens with one attached hydrogen (secondary N) is 2. The molecule has 6 atom stereocenters. The van der Waals surface area contributed by atoms with Gasteiger partial charge in [0.25, 0.3) is 0 Å². The molecule has 3 aliphatic heterocycles. The summed E-state index contributed by atoms with van der Waals surface area (Å²) < 4.78 is 4.25. The van der Waals surface area contributed by atoms with E-state index < -0.39 is 33.4 Å². The summed E-state index contributed by atoms with van der Waals surface area (Å²) in [6.07, 6.45) is 1.35. The number of ether oxygens (including phenoxy) is 1. The van der Waals surface area contributed by atoms with Crippen LogP contribution in [0.25, 0.3) is 0 Å². The van der Waals surface area contributed by atoms with E-state index in [4.69, 9.17) is 4.74 Å². The molecule has 1 spiro atoms. The van der Waals surface area contributed by atoms with Crippen LogP contribution >= 0.6 is 11.8 Å². The van der Waals surface area contributed by atoms with Crippen LogP contribution in [0.4, 0.5) is 17.1 Å². The topological polar surface area (TPSA) is 111 Å². The summed E-state index contributed by atoms with van der Waals surface area (Å²) in [5.74, 6) is -1.40. The van der Waals surface area contributed by atoms with Crippen LogP contribution in [0, 0.1) is 17.8 Å². The second-order valence-electron chi connectivity index (χ2n) is 12.6. The molecule has 0 saturated carbocycles. The molecule has 238 valence electrons. The van der Waals surface area contributed by atoms with Gasteiger partial charge in [0.15, 0.2) is 0 Å². The Morgan fingerprint density at radius 3 is 2.14 bits per heavy atom. The first kappa shape index (κ1) is 32.2. The largest absolute Gasteiger partial charge is 0.494 e. The second-order valence-corrected chi connectivity index (χ2v) is 14.5. The number of amides is 3. The molecular formula is C34H46N4O5S. The van der Waals surface area contributed by atoms with Crippen molar-refractivity contribution in [2.75, 3.05) is 41.8 Å². The molecular weight excluding hydrogens is 576 g/mol. The predicted octanol–water partition coefficient (Wildman–Crippen LogP) is 5.01. The van der Waals surface area contributed by atoms with Gasteiger partial charge in [0.1, 0.15) is 11.8 Å². The molecule has 5 rings (SSSR count). The maximum Gasteiger partial charge on any atom is 0.248 e. The third-order valence-corrected chi connectivity index (χ3v) is 11.7. The summed E-state index contributed by atoms with van der Waals surface area (Å²) in [5, 5.41) is 16.6. The van der Waals surface area contributed by atoms with Gasteiger partial charge in [0, 0.05) is 34.9 Å². The standard InChI is InChI=1S/C34H46N4O5S/c1-7-37(8-2)24-14-10-22(11-15-24)36-31(41)29-34-19-18-33(6,44-34)27(28(34)32(42)38(29)26(20-39)21(4)5)30(40)35-23-12-16-25(17-13-23)43-9-3/h10-17,21,26-29,39H,7-9,18-20H2,1-6H3,(H,35,40)(H,36,41)/t26-,27+,28-,29?,33-,34?/m0/s1. The van der Waals surface area contributed by atoms with Crippen molar-refractivity contribution in [3.63, 3.8) is 0 Å². The number of fused-ring (bicyclic) bond motifs is 1. The monoisotopic (exact) mass is 622 g/mol. The molecule has 0 radical (unpaired) electrons. The number of rotatable bonds is 12. The first-order valence-electron chi connectivity index (χ1n) is 15.9. The number of thioether (sulfide) groups is 1. The number of carbonyl (C=O) groups is 3. The summed E-state index contributed by atoms with van der Waals surface area (Å²) in [6, 6.07) is 13.6.